The van der Waals surface area contributed by atoms with Gasteiger partial charge in [-0.1, -0.05) is 20.3 Å². The Morgan fingerprint density at radius 3 is 2.68 bits per heavy atom. The molecule has 0 aliphatic rings. The van der Waals surface area contributed by atoms with E-state index in [1.807, 2.05) is 13.8 Å². The minimum absolute atomic E-state index is 0. The number of esters is 1. The molecule has 0 radical (unpaired) electrons. The smallest absolute Gasteiger partial charge is 0.328 e. The van der Waals surface area contributed by atoms with Gasteiger partial charge in [0.25, 0.3) is 5.91 Å². The van der Waals surface area contributed by atoms with E-state index in [0.29, 0.717) is 25.3 Å². The fourth-order valence-electron chi connectivity index (χ4n) is 1.77. The van der Waals surface area contributed by atoms with Crippen LogP contribution in [-0.4, -0.2) is 36.1 Å². The first-order chi connectivity index (χ1) is 10.0. The molecule has 126 valence electrons. The highest BCUT2D eigenvalue weighted by atomic mass is 35.5. The van der Waals surface area contributed by atoms with Crippen molar-refractivity contribution in [2.75, 3.05) is 13.2 Å². The van der Waals surface area contributed by atoms with Crippen molar-refractivity contribution >= 4 is 35.6 Å². The van der Waals surface area contributed by atoms with Gasteiger partial charge in [-0.05, 0) is 19.4 Å². The van der Waals surface area contributed by atoms with Crippen molar-refractivity contribution in [1.82, 2.24) is 10.3 Å². The maximum absolute atomic E-state index is 12.2. The summed E-state index contributed by atoms with van der Waals surface area (Å²) in [6.07, 6.45) is 1.41. The van der Waals surface area contributed by atoms with Gasteiger partial charge < -0.3 is 15.8 Å². The third-order valence-corrected chi connectivity index (χ3v) is 4.09. The minimum Gasteiger partial charge on any atom is -0.464 e. The third-order valence-electron chi connectivity index (χ3n) is 3.18. The average Bonchev–Trinajstić information content (AvgIpc) is 2.93. The summed E-state index contributed by atoms with van der Waals surface area (Å²) in [6.45, 7) is 6.40. The second kappa shape index (κ2) is 10.5. The summed E-state index contributed by atoms with van der Waals surface area (Å²) in [7, 11) is 0. The molecule has 1 aromatic rings. The zero-order chi connectivity index (χ0) is 15.8. The van der Waals surface area contributed by atoms with Crippen LogP contribution in [-0.2, 0) is 16.0 Å². The first-order valence-corrected chi connectivity index (χ1v) is 8.03. The van der Waals surface area contributed by atoms with Crippen LogP contribution >= 0.6 is 23.7 Å². The van der Waals surface area contributed by atoms with E-state index in [2.05, 4.69) is 10.3 Å². The fourth-order valence-corrected chi connectivity index (χ4v) is 2.56. The summed E-state index contributed by atoms with van der Waals surface area (Å²) < 4.78 is 5.02. The predicted molar refractivity (Wildman–Crippen MR) is 89.5 cm³/mol. The molecule has 6 nitrogen and oxygen atoms in total. The topological polar surface area (TPSA) is 94.3 Å². The van der Waals surface area contributed by atoms with Gasteiger partial charge in [0, 0.05) is 11.8 Å². The molecular formula is C14H24ClN3O3S. The predicted octanol–water partition coefficient (Wildman–Crippen LogP) is 1.77. The molecule has 1 amide bonds. The van der Waals surface area contributed by atoms with E-state index >= 15 is 0 Å². The van der Waals surface area contributed by atoms with Crippen LogP contribution in [0, 0.1) is 5.92 Å². The Hall–Kier alpha value is -1.18. The van der Waals surface area contributed by atoms with Gasteiger partial charge in [0.1, 0.15) is 11.7 Å². The van der Waals surface area contributed by atoms with E-state index in [9.17, 15) is 9.59 Å². The molecule has 0 saturated carbocycles. The molecule has 0 aliphatic carbocycles. The lowest BCUT2D eigenvalue weighted by atomic mass is 9.99. The monoisotopic (exact) mass is 349 g/mol. The first-order valence-electron chi connectivity index (χ1n) is 7.15. The lowest BCUT2D eigenvalue weighted by Gasteiger charge is -2.21. The van der Waals surface area contributed by atoms with E-state index in [1.165, 1.54) is 11.3 Å². The number of carbonyl (C=O) groups excluding carboxylic acids is 2. The maximum atomic E-state index is 12.2. The van der Waals surface area contributed by atoms with E-state index in [-0.39, 0.29) is 24.2 Å². The van der Waals surface area contributed by atoms with E-state index in [1.54, 1.807) is 12.3 Å². The van der Waals surface area contributed by atoms with Crippen LogP contribution in [0.4, 0.5) is 0 Å². The van der Waals surface area contributed by atoms with Gasteiger partial charge in [-0.3, -0.25) is 4.79 Å². The molecule has 0 aromatic carbocycles. The molecule has 1 aromatic heterocycles. The minimum atomic E-state index is -0.651. The van der Waals surface area contributed by atoms with Crippen molar-refractivity contribution in [1.29, 1.82) is 0 Å². The molecule has 3 N–H and O–H groups in total. The van der Waals surface area contributed by atoms with Crippen LogP contribution < -0.4 is 11.1 Å². The number of nitrogens with zero attached hydrogens (tertiary/aromatic N) is 1. The Bertz CT molecular complexity index is 482. The van der Waals surface area contributed by atoms with Crippen molar-refractivity contribution in [3.8, 4) is 0 Å². The molecule has 1 heterocycles. The normalized spacial score (nSPS) is 12.9. The number of amides is 1. The molecule has 2 unspecified atom stereocenters. The van der Waals surface area contributed by atoms with Crippen LogP contribution in [0.5, 0.6) is 0 Å². The zero-order valence-electron chi connectivity index (χ0n) is 13.1. The summed E-state index contributed by atoms with van der Waals surface area (Å²) >= 11 is 1.39. The molecular weight excluding hydrogens is 326 g/mol. The number of nitrogens with one attached hydrogen (secondary N) is 1. The van der Waals surface area contributed by atoms with Gasteiger partial charge in [-0.25, -0.2) is 9.78 Å². The molecule has 0 fully saturated rings. The highest BCUT2D eigenvalue weighted by Gasteiger charge is 2.28. The van der Waals surface area contributed by atoms with Crippen molar-refractivity contribution in [3.63, 3.8) is 0 Å². The van der Waals surface area contributed by atoms with Crippen molar-refractivity contribution < 1.29 is 14.3 Å². The van der Waals surface area contributed by atoms with Crippen LogP contribution in [0.2, 0.25) is 0 Å². The summed E-state index contributed by atoms with van der Waals surface area (Å²) in [5.41, 5.74) is 5.78. The molecule has 0 spiro atoms. The van der Waals surface area contributed by atoms with Crippen molar-refractivity contribution in [3.05, 3.63) is 16.1 Å². The number of halogens is 1. The van der Waals surface area contributed by atoms with Gasteiger partial charge in [0.2, 0.25) is 0 Å². The van der Waals surface area contributed by atoms with E-state index in [4.69, 9.17) is 10.5 Å². The Balaban J connectivity index is 0.00000441. The van der Waals surface area contributed by atoms with Crippen LogP contribution in [0.15, 0.2) is 5.38 Å². The Morgan fingerprint density at radius 2 is 2.14 bits per heavy atom. The standard InChI is InChI=1S/C14H23N3O3S.ClH/c1-4-9(3)12(14(19)20-5-2)17-13(18)10-8-21-11(16-10)6-7-15;/h8-9,12H,4-7,15H2,1-3H3,(H,17,18);1H. The molecule has 0 saturated heterocycles. The number of ether oxygens (including phenoxy) is 1. The van der Waals surface area contributed by atoms with Crippen LogP contribution in [0.25, 0.3) is 0 Å². The number of carbonyl (C=O) groups is 2. The highest BCUT2D eigenvalue weighted by molar-refractivity contribution is 7.09. The van der Waals surface area contributed by atoms with E-state index in [0.717, 1.165) is 11.4 Å². The van der Waals surface area contributed by atoms with Gasteiger partial charge >= 0.3 is 5.97 Å². The van der Waals surface area contributed by atoms with Crippen LogP contribution in [0.1, 0.15) is 42.7 Å². The third kappa shape index (κ3) is 5.90. The second-order valence-corrected chi connectivity index (χ2v) is 5.70. The number of rotatable bonds is 8. The van der Waals surface area contributed by atoms with Crippen molar-refractivity contribution in [2.45, 2.75) is 39.7 Å². The quantitative estimate of drug-likeness (QED) is 0.697. The molecule has 1 rings (SSSR count). The molecule has 0 bridgehead atoms. The maximum Gasteiger partial charge on any atom is 0.328 e. The molecule has 8 heteroatoms. The van der Waals surface area contributed by atoms with Gasteiger partial charge in [0.15, 0.2) is 0 Å². The lowest BCUT2D eigenvalue weighted by molar-refractivity contribution is -0.146. The average molecular weight is 350 g/mol. The summed E-state index contributed by atoms with van der Waals surface area (Å²) in [5.74, 6) is -0.763. The molecule has 0 aliphatic heterocycles. The van der Waals surface area contributed by atoms with Gasteiger partial charge in [-0.15, -0.1) is 23.7 Å². The molecule has 2 atom stereocenters. The Kier molecular flexibility index (Phi) is 9.97. The van der Waals surface area contributed by atoms with E-state index < -0.39 is 12.0 Å². The fraction of sp³-hybridized carbons (Fsp3) is 0.643. The van der Waals surface area contributed by atoms with Crippen molar-refractivity contribution in [2.24, 2.45) is 11.7 Å². The number of aromatic nitrogens is 1. The largest absolute Gasteiger partial charge is 0.464 e. The number of hydrogen-bond donors (Lipinski definition) is 2. The summed E-state index contributed by atoms with van der Waals surface area (Å²) in [4.78, 5) is 28.4. The second-order valence-electron chi connectivity index (χ2n) is 4.75. The van der Waals surface area contributed by atoms with Gasteiger partial charge in [-0.2, -0.15) is 0 Å². The Morgan fingerprint density at radius 1 is 1.45 bits per heavy atom. The summed E-state index contributed by atoms with van der Waals surface area (Å²) in [6, 6.07) is -0.651. The lowest BCUT2D eigenvalue weighted by Crippen LogP contribution is -2.46. The summed E-state index contributed by atoms with van der Waals surface area (Å²) in [5, 5.41) is 5.22. The zero-order valence-corrected chi connectivity index (χ0v) is 14.8. The first kappa shape index (κ1) is 20.8. The number of thiazole rings is 1. The Labute approximate surface area is 141 Å². The SMILES string of the molecule is CCOC(=O)C(NC(=O)c1csc(CCN)n1)C(C)CC.Cl. The van der Waals surface area contributed by atoms with Crippen LogP contribution in [0.3, 0.4) is 0 Å². The van der Waals surface area contributed by atoms with Gasteiger partial charge in [0.05, 0.1) is 11.6 Å². The molecule has 22 heavy (non-hydrogen) atoms. The number of nitrogens with two attached hydrogens (primary N) is 1. The highest BCUT2D eigenvalue weighted by Crippen LogP contribution is 2.13. The number of hydrogen-bond acceptors (Lipinski definition) is 6.